The van der Waals surface area contributed by atoms with Gasteiger partial charge in [-0.15, -0.1) is 0 Å². The van der Waals surface area contributed by atoms with Gasteiger partial charge >= 0.3 is 0 Å². The van der Waals surface area contributed by atoms with Crippen molar-refractivity contribution in [3.63, 3.8) is 0 Å². The third-order valence-electron chi connectivity index (χ3n) is 4.49. The molecule has 0 saturated carbocycles. The van der Waals surface area contributed by atoms with Crippen molar-refractivity contribution in [3.05, 3.63) is 35.9 Å². The summed E-state index contributed by atoms with van der Waals surface area (Å²) in [5.41, 5.74) is 0.680. The Morgan fingerprint density at radius 3 is 2.82 bits per heavy atom. The highest BCUT2D eigenvalue weighted by Gasteiger charge is 2.36. The standard InChI is InChI=1S/C18H23N5O5/c1-23-14(20-10-21-23)6-7-19-18(25)17-16(22-15(24)9-28-17)11-4-5-12(26-2)13(8-11)27-3/h4-5,8,10,16-17H,6-7,9H2,1-3H3,(H,19,25)(H,22,24)/t16-,17+/m1/s1. The van der Waals surface area contributed by atoms with Crippen molar-refractivity contribution in [2.45, 2.75) is 18.6 Å². The quantitative estimate of drug-likeness (QED) is 0.670. The summed E-state index contributed by atoms with van der Waals surface area (Å²) in [5, 5.41) is 9.64. The minimum absolute atomic E-state index is 0.175. The number of nitrogens with zero attached hydrogens (tertiary/aromatic N) is 3. The van der Waals surface area contributed by atoms with E-state index in [1.807, 2.05) is 0 Å². The summed E-state index contributed by atoms with van der Waals surface area (Å²) in [6.07, 6.45) is 1.13. The summed E-state index contributed by atoms with van der Waals surface area (Å²) in [6, 6.07) is 4.56. The van der Waals surface area contributed by atoms with E-state index in [1.54, 1.807) is 29.9 Å². The van der Waals surface area contributed by atoms with Crippen molar-refractivity contribution in [2.75, 3.05) is 27.4 Å². The number of nitrogens with one attached hydrogen (secondary N) is 2. The molecule has 28 heavy (non-hydrogen) atoms. The number of carbonyl (C=O) groups is 2. The van der Waals surface area contributed by atoms with Gasteiger partial charge < -0.3 is 24.8 Å². The molecule has 2 amide bonds. The fraction of sp³-hybridized carbons (Fsp3) is 0.444. The molecule has 10 nitrogen and oxygen atoms in total. The lowest BCUT2D eigenvalue weighted by atomic mass is 9.98. The highest BCUT2D eigenvalue weighted by atomic mass is 16.5. The highest BCUT2D eigenvalue weighted by Crippen LogP contribution is 2.32. The molecule has 10 heteroatoms. The lowest BCUT2D eigenvalue weighted by Gasteiger charge is -2.32. The van der Waals surface area contributed by atoms with Crippen LogP contribution in [0.25, 0.3) is 0 Å². The van der Waals surface area contributed by atoms with Crippen LogP contribution in [0.2, 0.25) is 0 Å². The topological polar surface area (TPSA) is 117 Å². The van der Waals surface area contributed by atoms with Crippen molar-refractivity contribution in [2.24, 2.45) is 7.05 Å². The van der Waals surface area contributed by atoms with Gasteiger partial charge in [0.2, 0.25) is 5.91 Å². The Balaban J connectivity index is 1.72. The molecule has 2 N–H and O–H groups in total. The Labute approximate surface area is 162 Å². The Kier molecular flexibility index (Phi) is 6.09. The number of aryl methyl sites for hydroxylation is 1. The maximum atomic E-state index is 12.7. The van der Waals surface area contributed by atoms with Crippen molar-refractivity contribution in [3.8, 4) is 11.5 Å². The molecule has 150 valence electrons. The van der Waals surface area contributed by atoms with Gasteiger partial charge in [0.05, 0.1) is 20.3 Å². The van der Waals surface area contributed by atoms with E-state index in [0.717, 1.165) is 5.82 Å². The number of carbonyl (C=O) groups excluding carboxylic acids is 2. The van der Waals surface area contributed by atoms with Gasteiger partial charge in [-0.1, -0.05) is 6.07 Å². The molecule has 3 rings (SSSR count). The van der Waals surface area contributed by atoms with Gasteiger partial charge in [0, 0.05) is 20.0 Å². The number of hydrogen-bond donors (Lipinski definition) is 2. The second kappa shape index (κ2) is 8.70. The number of benzene rings is 1. The first kappa shape index (κ1) is 19.6. The maximum Gasteiger partial charge on any atom is 0.251 e. The van der Waals surface area contributed by atoms with E-state index in [-0.39, 0.29) is 18.4 Å². The summed E-state index contributed by atoms with van der Waals surface area (Å²) in [7, 11) is 4.85. The normalized spacial score (nSPS) is 19.0. The average molecular weight is 389 g/mol. The van der Waals surface area contributed by atoms with Crippen LogP contribution in [0.3, 0.4) is 0 Å². The van der Waals surface area contributed by atoms with Crippen LogP contribution in [0.5, 0.6) is 11.5 Å². The lowest BCUT2D eigenvalue weighted by molar-refractivity contribution is -0.148. The zero-order chi connectivity index (χ0) is 20.1. The third kappa shape index (κ3) is 4.22. The number of amides is 2. The third-order valence-corrected chi connectivity index (χ3v) is 4.49. The summed E-state index contributed by atoms with van der Waals surface area (Å²) in [5.74, 6) is 1.21. The van der Waals surface area contributed by atoms with E-state index in [9.17, 15) is 9.59 Å². The van der Waals surface area contributed by atoms with E-state index in [1.165, 1.54) is 20.5 Å². The van der Waals surface area contributed by atoms with Crippen LogP contribution in [-0.4, -0.2) is 60.1 Å². The zero-order valence-electron chi connectivity index (χ0n) is 16.0. The lowest BCUT2D eigenvalue weighted by Crippen LogP contribution is -2.52. The van der Waals surface area contributed by atoms with Gasteiger partial charge in [-0.25, -0.2) is 4.98 Å². The van der Waals surface area contributed by atoms with E-state index < -0.39 is 12.1 Å². The van der Waals surface area contributed by atoms with Crippen LogP contribution in [0, 0.1) is 0 Å². The van der Waals surface area contributed by atoms with Gasteiger partial charge in [-0.2, -0.15) is 5.10 Å². The summed E-state index contributed by atoms with van der Waals surface area (Å²) in [6.45, 7) is 0.197. The van der Waals surface area contributed by atoms with E-state index >= 15 is 0 Å². The monoisotopic (exact) mass is 389 g/mol. The summed E-state index contributed by atoms with van der Waals surface area (Å²) < 4.78 is 17.7. The molecule has 1 aromatic carbocycles. The molecule has 0 spiro atoms. The van der Waals surface area contributed by atoms with Gasteiger partial charge in [0.15, 0.2) is 17.6 Å². The first-order chi connectivity index (χ1) is 13.5. The molecule has 1 fully saturated rings. The largest absolute Gasteiger partial charge is 0.493 e. The smallest absolute Gasteiger partial charge is 0.251 e. The van der Waals surface area contributed by atoms with E-state index in [2.05, 4.69) is 20.7 Å². The number of ether oxygens (including phenoxy) is 3. The molecule has 0 aliphatic carbocycles. The second-order valence-electron chi connectivity index (χ2n) is 6.23. The SMILES string of the molecule is COc1ccc([C@H]2NC(=O)CO[C@@H]2C(=O)NCCc2ncnn2C)cc1OC. The predicted molar refractivity (Wildman–Crippen MR) is 97.9 cm³/mol. The number of morpholine rings is 1. The predicted octanol–water partition coefficient (Wildman–Crippen LogP) is -0.253. The van der Waals surface area contributed by atoms with Gasteiger partial charge in [-0.05, 0) is 17.7 Å². The molecule has 1 aliphatic rings. The molecule has 0 radical (unpaired) electrons. The van der Waals surface area contributed by atoms with Crippen LogP contribution in [-0.2, 0) is 27.8 Å². The fourth-order valence-electron chi connectivity index (χ4n) is 3.03. The molecular formula is C18H23N5O5. The molecule has 1 aliphatic heterocycles. The second-order valence-corrected chi connectivity index (χ2v) is 6.23. The minimum atomic E-state index is -0.865. The van der Waals surface area contributed by atoms with Crippen LogP contribution >= 0.6 is 0 Å². The highest BCUT2D eigenvalue weighted by molar-refractivity contribution is 5.86. The Morgan fingerprint density at radius 2 is 2.14 bits per heavy atom. The molecule has 0 unspecified atom stereocenters. The van der Waals surface area contributed by atoms with Crippen molar-refractivity contribution < 1.29 is 23.8 Å². The molecule has 0 bridgehead atoms. The summed E-state index contributed by atoms with van der Waals surface area (Å²) >= 11 is 0. The van der Waals surface area contributed by atoms with E-state index in [4.69, 9.17) is 14.2 Å². The molecule has 2 aromatic rings. The van der Waals surface area contributed by atoms with Crippen LogP contribution in [0.15, 0.2) is 24.5 Å². The Bertz CT molecular complexity index is 853. The molecule has 1 aromatic heterocycles. The Morgan fingerprint density at radius 1 is 1.36 bits per heavy atom. The first-order valence-corrected chi connectivity index (χ1v) is 8.77. The number of rotatable bonds is 7. The van der Waals surface area contributed by atoms with Crippen LogP contribution in [0.1, 0.15) is 17.4 Å². The van der Waals surface area contributed by atoms with Crippen molar-refractivity contribution in [1.82, 2.24) is 25.4 Å². The zero-order valence-corrected chi connectivity index (χ0v) is 16.0. The van der Waals surface area contributed by atoms with Gasteiger partial charge in [0.25, 0.3) is 5.91 Å². The van der Waals surface area contributed by atoms with Gasteiger partial charge in [-0.3, -0.25) is 14.3 Å². The molecule has 2 atom stereocenters. The average Bonchev–Trinajstić information content (AvgIpc) is 3.12. The number of aromatic nitrogens is 3. The number of hydrogen-bond acceptors (Lipinski definition) is 7. The van der Waals surface area contributed by atoms with Gasteiger partial charge in [0.1, 0.15) is 18.8 Å². The van der Waals surface area contributed by atoms with Crippen LogP contribution in [0.4, 0.5) is 0 Å². The van der Waals surface area contributed by atoms with Crippen molar-refractivity contribution in [1.29, 1.82) is 0 Å². The Hall–Kier alpha value is -3.14. The maximum absolute atomic E-state index is 12.7. The van der Waals surface area contributed by atoms with Crippen LogP contribution < -0.4 is 20.1 Å². The minimum Gasteiger partial charge on any atom is -0.493 e. The van der Waals surface area contributed by atoms with Crippen molar-refractivity contribution >= 4 is 11.8 Å². The van der Waals surface area contributed by atoms with E-state index in [0.29, 0.717) is 30.0 Å². The molecular weight excluding hydrogens is 366 g/mol. The number of methoxy groups -OCH3 is 2. The molecule has 1 saturated heterocycles. The molecule has 2 heterocycles. The first-order valence-electron chi connectivity index (χ1n) is 8.77. The summed E-state index contributed by atoms with van der Waals surface area (Å²) in [4.78, 5) is 28.7. The fourth-order valence-corrected chi connectivity index (χ4v) is 3.03.